The zero-order valence-corrected chi connectivity index (χ0v) is 12.4. The molecule has 0 bridgehead atoms. The molecule has 0 spiro atoms. The van der Waals surface area contributed by atoms with Crippen LogP contribution in [0.5, 0.6) is 11.5 Å². The van der Waals surface area contributed by atoms with E-state index in [9.17, 15) is 14.6 Å². The topological polar surface area (TPSA) is 40.5 Å². The molecule has 0 amide bonds. The SMILES string of the molecule is CC[C@H](c1ccc(O)cc1)[C@H](CC)c1ccc(O)c(F)c1. The molecule has 21 heavy (non-hydrogen) atoms. The van der Waals surface area contributed by atoms with Crippen molar-refractivity contribution in [2.75, 3.05) is 0 Å². The quantitative estimate of drug-likeness (QED) is 0.819. The van der Waals surface area contributed by atoms with E-state index < -0.39 is 5.82 Å². The molecule has 0 fully saturated rings. The molecule has 0 aliphatic heterocycles. The van der Waals surface area contributed by atoms with E-state index in [1.165, 1.54) is 12.1 Å². The Balaban J connectivity index is 2.36. The van der Waals surface area contributed by atoms with Crippen molar-refractivity contribution in [1.82, 2.24) is 0 Å². The van der Waals surface area contributed by atoms with Crippen LogP contribution < -0.4 is 0 Å². The highest BCUT2D eigenvalue weighted by Crippen LogP contribution is 2.39. The molecular formula is C18H21FO2. The largest absolute Gasteiger partial charge is 0.508 e. The number of hydrogen-bond donors (Lipinski definition) is 2. The maximum Gasteiger partial charge on any atom is 0.165 e. The van der Waals surface area contributed by atoms with Crippen molar-refractivity contribution in [3.8, 4) is 11.5 Å². The third-order valence-electron chi connectivity index (χ3n) is 4.09. The van der Waals surface area contributed by atoms with Gasteiger partial charge in [0.25, 0.3) is 0 Å². The molecule has 0 heterocycles. The number of hydrogen-bond acceptors (Lipinski definition) is 2. The molecule has 3 heteroatoms. The second kappa shape index (κ2) is 6.61. The third-order valence-corrected chi connectivity index (χ3v) is 4.09. The van der Waals surface area contributed by atoms with Crippen LogP contribution in [0, 0.1) is 5.82 Å². The molecule has 0 unspecified atom stereocenters. The molecule has 0 aliphatic rings. The van der Waals surface area contributed by atoms with Crippen LogP contribution in [0.2, 0.25) is 0 Å². The molecule has 0 saturated heterocycles. The van der Waals surface area contributed by atoms with Crippen LogP contribution in [-0.2, 0) is 0 Å². The van der Waals surface area contributed by atoms with Gasteiger partial charge in [0.15, 0.2) is 11.6 Å². The lowest BCUT2D eigenvalue weighted by Crippen LogP contribution is -2.10. The Hall–Kier alpha value is -2.03. The normalized spacial score (nSPS) is 13.9. The van der Waals surface area contributed by atoms with Gasteiger partial charge in [0.05, 0.1) is 0 Å². The van der Waals surface area contributed by atoms with E-state index >= 15 is 0 Å². The zero-order valence-electron chi connectivity index (χ0n) is 12.4. The van der Waals surface area contributed by atoms with Gasteiger partial charge in [0.1, 0.15) is 5.75 Å². The van der Waals surface area contributed by atoms with Crippen LogP contribution in [0.25, 0.3) is 0 Å². The lowest BCUT2D eigenvalue weighted by molar-refractivity contribution is 0.429. The standard InChI is InChI=1S/C18H21FO2/c1-3-15(12-5-8-14(20)9-6-12)16(4-2)13-7-10-18(21)17(19)11-13/h5-11,15-16,20-21H,3-4H2,1-2H3/t15-,16-/m1/s1. The van der Waals surface area contributed by atoms with Gasteiger partial charge >= 0.3 is 0 Å². The summed E-state index contributed by atoms with van der Waals surface area (Å²) in [7, 11) is 0. The average Bonchev–Trinajstić information content (AvgIpc) is 2.49. The first-order chi connectivity index (χ1) is 10.1. The fourth-order valence-electron chi connectivity index (χ4n) is 2.98. The van der Waals surface area contributed by atoms with E-state index in [1.54, 1.807) is 18.2 Å². The van der Waals surface area contributed by atoms with E-state index in [4.69, 9.17) is 0 Å². The Bertz CT molecular complexity index is 593. The molecular weight excluding hydrogens is 267 g/mol. The molecule has 0 saturated carbocycles. The summed E-state index contributed by atoms with van der Waals surface area (Å²) in [5.74, 6) is -0.218. The van der Waals surface area contributed by atoms with Crippen molar-refractivity contribution in [3.05, 3.63) is 59.4 Å². The maximum absolute atomic E-state index is 13.6. The second-order valence-electron chi connectivity index (χ2n) is 5.33. The maximum atomic E-state index is 13.6. The van der Waals surface area contributed by atoms with Crippen molar-refractivity contribution >= 4 is 0 Å². The van der Waals surface area contributed by atoms with Crippen molar-refractivity contribution in [2.24, 2.45) is 0 Å². The molecule has 0 aromatic heterocycles. The van der Waals surface area contributed by atoms with Crippen LogP contribution >= 0.6 is 0 Å². The van der Waals surface area contributed by atoms with Crippen LogP contribution in [-0.4, -0.2) is 10.2 Å². The van der Waals surface area contributed by atoms with Gasteiger partial charge < -0.3 is 10.2 Å². The molecule has 2 aromatic rings. The first-order valence-electron chi connectivity index (χ1n) is 7.34. The minimum atomic E-state index is -0.577. The summed E-state index contributed by atoms with van der Waals surface area (Å²) in [5, 5.41) is 18.8. The van der Waals surface area contributed by atoms with Gasteiger partial charge in [0.2, 0.25) is 0 Å². The Morgan fingerprint density at radius 2 is 1.38 bits per heavy atom. The molecule has 0 radical (unpaired) electrons. The van der Waals surface area contributed by atoms with Gasteiger partial charge in [-0.2, -0.15) is 0 Å². The molecule has 2 N–H and O–H groups in total. The highest BCUT2D eigenvalue weighted by atomic mass is 19.1. The van der Waals surface area contributed by atoms with Gasteiger partial charge in [-0.25, -0.2) is 4.39 Å². The Labute approximate surface area is 124 Å². The Morgan fingerprint density at radius 3 is 1.90 bits per heavy atom. The highest BCUT2D eigenvalue weighted by molar-refractivity contribution is 5.35. The third kappa shape index (κ3) is 3.35. The molecule has 2 rings (SSSR count). The summed E-state index contributed by atoms with van der Waals surface area (Å²) in [6.45, 7) is 4.19. The summed E-state index contributed by atoms with van der Waals surface area (Å²) >= 11 is 0. The second-order valence-corrected chi connectivity index (χ2v) is 5.33. The number of benzene rings is 2. The Kier molecular flexibility index (Phi) is 4.84. The number of phenolic OH excluding ortho intramolecular Hbond substituents is 2. The molecule has 2 atom stereocenters. The van der Waals surface area contributed by atoms with Crippen LogP contribution in [0.4, 0.5) is 4.39 Å². The fourth-order valence-corrected chi connectivity index (χ4v) is 2.98. The van der Waals surface area contributed by atoms with Crippen LogP contribution in [0.15, 0.2) is 42.5 Å². The number of halogens is 1. The molecule has 0 aliphatic carbocycles. The first-order valence-corrected chi connectivity index (χ1v) is 7.34. The monoisotopic (exact) mass is 288 g/mol. The van der Waals surface area contributed by atoms with E-state index in [2.05, 4.69) is 13.8 Å². The van der Waals surface area contributed by atoms with Crippen molar-refractivity contribution in [1.29, 1.82) is 0 Å². The van der Waals surface area contributed by atoms with Gasteiger partial charge in [-0.3, -0.25) is 0 Å². The van der Waals surface area contributed by atoms with E-state index in [-0.39, 0.29) is 23.3 Å². The minimum absolute atomic E-state index is 0.176. The summed E-state index contributed by atoms with van der Waals surface area (Å²) in [6, 6.07) is 11.8. The number of rotatable bonds is 5. The predicted molar refractivity (Wildman–Crippen MR) is 82.2 cm³/mol. The molecule has 112 valence electrons. The van der Waals surface area contributed by atoms with Crippen molar-refractivity contribution in [3.63, 3.8) is 0 Å². The summed E-state index contributed by atoms with van der Waals surface area (Å²) in [6.07, 6.45) is 1.80. The lowest BCUT2D eigenvalue weighted by Gasteiger charge is -2.26. The smallest absolute Gasteiger partial charge is 0.165 e. The van der Waals surface area contributed by atoms with Gasteiger partial charge in [-0.15, -0.1) is 0 Å². The highest BCUT2D eigenvalue weighted by Gasteiger charge is 2.22. The van der Waals surface area contributed by atoms with Crippen molar-refractivity contribution < 1.29 is 14.6 Å². The van der Waals surface area contributed by atoms with Crippen LogP contribution in [0.1, 0.15) is 49.7 Å². The van der Waals surface area contributed by atoms with Crippen molar-refractivity contribution in [2.45, 2.75) is 38.5 Å². The average molecular weight is 288 g/mol. The fraction of sp³-hybridized carbons (Fsp3) is 0.333. The summed E-state index contributed by atoms with van der Waals surface area (Å²) in [5.41, 5.74) is 2.03. The van der Waals surface area contributed by atoms with E-state index in [0.717, 1.165) is 24.0 Å². The summed E-state index contributed by atoms with van der Waals surface area (Å²) in [4.78, 5) is 0. The minimum Gasteiger partial charge on any atom is -0.508 e. The van der Waals surface area contributed by atoms with Gasteiger partial charge in [-0.05, 0) is 60.1 Å². The van der Waals surface area contributed by atoms with Gasteiger partial charge in [-0.1, -0.05) is 32.0 Å². The Morgan fingerprint density at radius 1 is 0.857 bits per heavy atom. The molecule has 2 aromatic carbocycles. The summed E-state index contributed by atoms with van der Waals surface area (Å²) < 4.78 is 13.6. The predicted octanol–water partition coefficient (Wildman–Crippen LogP) is 4.92. The number of aromatic hydroxyl groups is 2. The lowest BCUT2D eigenvalue weighted by atomic mass is 9.78. The van der Waals surface area contributed by atoms with E-state index in [1.807, 2.05) is 12.1 Å². The zero-order chi connectivity index (χ0) is 15.4. The molecule has 2 nitrogen and oxygen atoms in total. The first kappa shape index (κ1) is 15.4. The van der Waals surface area contributed by atoms with E-state index in [0.29, 0.717) is 0 Å². The van der Waals surface area contributed by atoms with Crippen LogP contribution in [0.3, 0.4) is 0 Å². The van der Waals surface area contributed by atoms with Gasteiger partial charge in [0, 0.05) is 0 Å². The number of phenols is 2.